The maximum absolute atomic E-state index is 10.7. The van der Waals surface area contributed by atoms with E-state index in [-0.39, 0.29) is 0 Å². The van der Waals surface area contributed by atoms with Crippen molar-refractivity contribution < 1.29 is 9.90 Å². The maximum Gasteiger partial charge on any atom is 0.355 e. The Morgan fingerprint density at radius 3 is 3.08 bits per heavy atom. The number of aliphatic imine (C=N–C) groups is 1. The van der Waals surface area contributed by atoms with Crippen LogP contribution >= 0.6 is 11.8 Å². The van der Waals surface area contributed by atoms with Crippen LogP contribution in [0.1, 0.15) is 12.8 Å². The van der Waals surface area contributed by atoms with Gasteiger partial charge in [-0.05, 0) is 12.8 Å². The van der Waals surface area contributed by atoms with E-state index >= 15 is 0 Å². The summed E-state index contributed by atoms with van der Waals surface area (Å²) in [4.78, 5) is 15.7. The van der Waals surface area contributed by atoms with Crippen LogP contribution in [0.2, 0.25) is 0 Å². The van der Waals surface area contributed by atoms with Gasteiger partial charge in [0.1, 0.15) is 0 Å². The Hall–Kier alpha value is -0.770. The molecule has 4 heteroatoms. The first-order valence-corrected chi connectivity index (χ1v) is 4.90. The van der Waals surface area contributed by atoms with Gasteiger partial charge < -0.3 is 5.11 Å². The van der Waals surface area contributed by atoms with Gasteiger partial charge in [0, 0.05) is 17.2 Å². The van der Waals surface area contributed by atoms with Crippen LogP contribution in [-0.4, -0.2) is 29.1 Å². The van der Waals surface area contributed by atoms with E-state index in [4.69, 9.17) is 5.11 Å². The fourth-order valence-electron chi connectivity index (χ4n) is 1.51. The first-order chi connectivity index (χ1) is 5.79. The Balaban J connectivity index is 2.34. The number of hydrogen-bond donors (Lipinski definition) is 1. The lowest BCUT2D eigenvalue weighted by Crippen LogP contribution is -2.18. The number of dihydropyridines is 1. The molecule has 2 aliphatic heterocycles. The monoisotopic (exact) mass is 183 g/mol. The molecule has 0 atom stereocenters. The number of carbonyl (C=O) groups is 1. The number of hydrogen-bond acceptors (Lipinski definition) is 3. The molecule has 0 bridgehead atoms. The average Bonchev–Trinajstić information content (AvgIpc) is 2.49. The highest BCUT2D eigenvalue weighted by Crippen LogP contribution is 2.36. The van der Waals surface area contributed by atoms with Gasteiger partial charge in [0.05, 0.1) is 0 Å². The Morgan fingerprint density at radius 1 is 1.50 bits per heavy atom. The molecule has 0 amide bonds. The predicted molar refractivity (Wildman–Crippen MR) is 48.7 cm³/mol. The third kappa shape index (κ3) is 1.16. The fourth-order valence-corrected chi connectivity index (χ4v) is 2.75. The van der Waals surface area contributed by atoms with E-state index in [0.29, 0.717) is 12.3 Å². The van der Waals surface area contributed by atoms with Crippen molar-refractivity contribution in [3.63, 3.8) is 0 Å². The van der Waals surface area contributed by atoms with Crippen molar-refractivity contribution in [3.8, 4) is 0 Å². The Kier molecular flexibility index (Phi) is 1.92. The van der Waals surface area contributed by atoms with Gasteiger partial charge in [0.2, 0.25) is 0 Å². The molecule has 0 aromatic carbocycles. The third-order valence-corrected chi connectivity index (χ3v) is 3.25. The summed E-state index contributed by atoms with van der Waals surface area (Å²) in [6.45, 7) is 0.654. The highest BCUT2D eigenvalue weighted by Gasteiger charge is 2.26. The largest absolute Gasteiger partial charge is 0.476 e. The molecule has 0 saturated carbocycles. The van der Waals surface area contributed by atoms with Gasteiger partial charge in [0.25, 0.3) is 0 Å². The van der Waals surface area contributed by atoms with Crippen LogP contribution < -0.4 is 0 Å². The number of nitrogens with zero attached hydrogens (tertiary/aromatic N) is 1. The maximum atomic E-state index is 10.7. The van der Waals surface area contributed by atoms with Gasteiger partial charge in [-0.1, -0.05) is 5.57 Å². The zero-order valence-corrected chi connectivity index (χ0v) is 7.36. The quantitative estimate of drug-likeness (QED) is 0.666. The van der Waals surface area contributed by atoms with Gasteiger partial charge in [-0.15, -0.1) is 11.8 Å². The molecule has 2 rings (SSSR count). The highest BCUT2D eigenvalue weighted by molar-refractivity contribution is 8.04. The normalized spacial score (nSPS) is 22.2. The van der Waals surface area contributed by atoms with Crippen LogP contribution in [0.25, 0.3) is 0 Å². The minimum Gasteiger partial charge on any atom is -0.476 e. The SMILES string of the molecule is O=C(O)C1=NCCC2=C1SCC2. The summed E-state index contributed by atoms with van der Waals surface area (Å²) in [5.74, 6) is 0.147. The predicted octanol–water partition coefficient (Wildman–Crippen LogP) is 1.31. The highest BCUT2D eigenvalue weighted by atomic mass is 32.2. The second-order valence-corrected chi connectivity index (χ2v) is 3.92. The molecule has 64 valence electrons. The van der Waals surface area contributed by atoms with Gasteiger partial charge in [-0.3, -0.25) is 4.99 Å². The Morgan fingerprint density at radius 2 is 2.33 bits per heavy atom. The third-order valence-electron chi connectivity index (χ3n) is 2.07. The van der Waals surface area contributed by atoms with E-state index < -0.39 is 5.97 Å². The molecule has 3 nitrogen and oxygen atoms in total. The van der Waals surface area contributed by atoms with Crippen molar-refractivity contribution in [1.29, 1.82) is 0 Å². The molecule has 0 radical (unpaired) electrons. The van der Waals surface area contributed by atoms with E-state index in [2.05, 4.69) is 4.99 Å². The molecule has 0 fully saturated rings. The molecular weight excluding hydrogens is 174 g/mol. The molecule has 12 heavy (non-hydrogen) atoms. The lowest BCUT2D eigenvalue weighted by atomic mass is 10.1. The van der Waals surface area contributed by atoms with E-state index in [9.17, 15) is 4.79 Å². The Bertz CT molecular complexity index is 293. The van der Waals surface area contributed by atoms with Crippen LogP contribution in [0.4, 0.5) is 0 Å². The number of aliphatic carboxylic acids is 1. The summed E-state index contributed by atoms with van der Waals surface area (Å²) < 4.78 is 0. The molecule has 0 unspecified atom stereocenters. The first kappa shape index (κ1) is 7.86. The van der Waals surface area contributed by atoms with Crippen LogP contribution in [0, 0.1) is 0 Å². The van der Waals surface area contributed by atoms with Gasteiger partial charge in [-0.2, -0.15) is 0 Å². The number of carboxylic acid groups (broad SMARTS) is 1. The van der Waals surface area contributed by atoms with E-state index in [1.165, 1.54) is 5.57 Å². The molecule has 2 aliphatic rings. The van der Waals surface area contributed by atoms with Crippen molar-refractivity contribution in [3.05, 3.63) is 10.5 Å². The van der Waals surface area contributed by atoms with Crippen LogP contribution in [0.15, 0.2) is 15.5 Å². The summed E-state index contributed by atoms with van der Waals surface area (Å²) in [5, 5.41) is 8.81. The molecule has 2 heterocycles. The molecule has 0 saturated heterocycles. The number of rotatable bonds is 1. The Labute approximate surface area is 74.6 Å². The van der Waals surface area contributed by atoms with Gasteiger partial charge >= 0.3 is 5.97 Å². The summed E-state index contributed by atoms with van der Waals surface area (Å²) in [6, 6.07) is 0. The summed E-state index contributed by atoms with van der Waals surface area (Å²) >= 11 is 1.63. The molecule has 0 aliphatic carbocycles. The lowest BCUT2D eigenvalue weighted by Gasteiger charge is -2.10. The minimum absolute atomic E-state index is 0.291. The lowest BCUT2D eigenvalue weighted by molar-refractivity contribution is -0.129. The minimum atomic E-state index is -0.878. The molecular formula is C8H9NO2S. The van der Waals surface area contributed by atoms with Crippen molar-refractivity contribution in [1.82, 2.24) is 0 Å². The molecule has 0 spiro atoms. The topological polar surface area (TPSA) is 49.7 Å². The molecule has 0 aromatic rings. The number of carboxylic acids is 1. The molecule has 1 N–H and O–H groups in total. The summed E-state index contributed by atoms with van der Waals surface area (Å²) in [6.07, 6.45) is 2.01. The fraction of sp³-hybridized carbons (Fsp3) is 0.500. The van der Waals surface area contributed by atoms with Crippen molar-refractivity contribution in [2.45, 2.75) is 12.8 Å². The van der Waals surface area contributed by atoms with Crippen LogP contribution in [0.3, 0.4) is 0 Å². The second kappa shape index (κ2) is 2.94. The van der Waals surface area contributed by atoms with Crippen molar-refractivity contribution in [2.24, 2.45) is 4.99 Å². The van der Waals surface area contributed by atoms with Gasteiger partial charge in [0.15, 0.2) is 5.71 Å². The number of thioether (sulfide) groups is 1. The first-order valence-electron chi connectivity index (χ1n) is 3.92. The van der Waals surface area contributed by atoms with Crippen molar-refractivity contribution in [2.75, 3.05) is 12.3 Å². The zero-order valence-electron chi connectivity index (χ0n) is 6.54. The van der Waals surface area contributed by atoms with Crippen molar-refractivity contribution >= 4 is 23.4 Å². The standard InChI is InChI=1S/C8H9NO2S/c10-8(11)6-7-5(1-3-9-6)2-4-12-7/h1-4H2,(H,10,11). The second-order valence-electron chi connectivity index (χ2n) is 2.82. The van der Waals surface area contributed by atoms with E-state index in [1.54, 1.807) is 11.8 Å². The van der Waals surface area contributed by atoms with Crippen LogP contribution in [0.5, 0.6) is 0 Å². The summed E-state index contributed by atoms with van der Waals surface area (Å²) in [5.41, 5.74) is 1.59. The van der Waals surface area contributed by atoms with Gasteiger partial charge in [-0.25, -0.2) is 4.79 Å². The average molecular weight is 183 g/mol. The summed E-state index contributed by atoms with van der Waals surface area (Å²) in [7, 11) is 0. The van der Waals surface area contributed by atoms with E-state index in [0.717, 1.165) is 23.5 Å². The van der Waals surface area contributed by atoms with E-state index in [1.807, 2.05) is 0 Å². The molecule has 0 aromatic heterocycles. The van der Waals surface area contributed by atoms with Crippen LogP contribution in [-0.2, 0) is 4.79 Å². The zero-order chi connectivity index (χ0) is 8.55. The smallest absolute Gasteiger partial charge is 0.355 e.